The van der Waals surface area contributed by atoms with E-state index in [0.29, 0.717) is 32.1 Å². The monoisotopic (exact) mass is 279 g/mol. The van der Waals surface area contributed by atoms with Crippen molar-refractivity contribution in [1.82, 2.24) is 15.1 Å². The fourth-order valence-electron chi connectivity index (χ4n) is 2.90. The summed E-state index contributed by atoms with van der Waals surface area (Å²) in [6, 6.07) is -0.0553. The Morgan fingerprint density at radius 1 is 1.00 bits per heavy atom. The Labute approximate surface area is 121 Å². The van der Waals surface area contributed by atoms with Crippen LogP contribution in [0.25, 0.3) is 0 Å². The SMILES string of the molecule is CC(=O)N1CCN(C(=O)N/C=C/C2CCCCC2)CC1. The van der Waals surface area contributed by atoms with Gasteiger partial charge in [-0.25, -0.2) is 4.79 Å². The predicted molar refractivity (Wildman–Crippen MR) is 78.1 cm³/mol. The van der Waals surface area contributed by atoms with Gasteiger partial charge in [-0.2, -0.15) is 0 Å². The summed E-state index contributed by atoms with van der Waals surface area (Å²) in [5.41, 5.74) is 0. The van der Waals surface area contributed by atoms with E-state index in [-0.39, 0.29) is 11.9 Å². The molecule has 112 valence electrons. The lowest BCUT2D eigenvalue weighted by atomic mass is 9.89. The topological polar surface area (TPSA) is 52.7 Å². The van der Waals surface area contributed by atoms with Crippen molar-refractivity contribution in [3.63, 3.8) is 0 Å². The highest BCUT2D eigenvalue weighted by atomic mass is 16.2. The minimum Gasteiger partial charge on any atom is -0.339 e. The summed E-state index contributed by atoms with van der Waals surface area (Å²) >= 11 is 0. The van der Waals surface area contributed by atoms with E-state index in [9.17, 15) is 9.59 Å². The zero-order valence-corrected chi connectivity index (χ0v) is 12.3. The van der Waals surface area contributed by atoms with E-state index in [0.717, 1.165) is 0 Å². The lowest BCUT2D eigenvalue weighted by Gasteiger charge is -2.33. The molecule has 0 aromatic heterocycles. The van der Waals surface area contributed by atoms with Crippen LogP contribution in [0.4, 0.5) is 4.79 Å². The van der Waals surface area contributed by atoms with E-state index in [1.165, 1.54) is 32.1 Å². The van der Waals surface area contributed by atoms with Crippen LogP contribution in [-0.4, -0.2) is 47.9 Å². The molecule has 2 aliphatic rings. The van der Waals surface area contributed by atoms with E-state index in [2.05, 4.69) is 11.4 Å². The van der Waals surface area contributed by atoms with Gasteiger partial charge in [0, 0.05) is 39.3 Å². The standard InChI is InChI=1S/C15H25N3O2/c1-13(19)17-9-11-18(12-10-17)15(20)16-8-7-14-5-3-2-4-6-14/h7-8,14H,2-6,9-12H2,1H3,(H,16,20)/b8-7+. The molecular formula is C15H25N3O2. The van der Waals surface area contributed by atoms with Gasteiger partial charge in [0.1, 0.15) is 0 Å². The molecule has 1 N–H and O–H groups in total. The molecule has 20 heavy (non-hydrogen) atoms. The molecule has 1 saturated carbocycles. The number of nitrogens with one attached hydrogen (secondary N) is 1. The van der Waals surface area contributed by atoms with Gasteiger partial charge >= 0.3 is 6.03 Å². The van der Waals surface area contributed by atoms with Gasteiger partial charge in [-0.05, 0) is 18.8 Å². The Bertz CT molecular complexity index is 367. The number of rotatable bonds is 2. The van der Waals surface area contributed by atoms with E-state index in [1.807, 2.05) is 0 Å². The summed E-state index contributed by atoms with van der Waals surface area (Å²) in [6.07, 6.45) is 10.4. The highest BCUT2D eigenvalue weighted by Crippen LogP contribution is 2.24. The molecule has 2 fully saturated rings. The molecule has 1 aliphatic heterocycles. The molecule has 3 amide bonds. The van der Waals surface area contributed by atoms with E-state index in [4.69, 9.17) is 0 Å². The Balaban J connectivity index is 1.70. The number of carbonyl (C=O) groups excluding carboxylic acids is 2. The smallest absolute Gasteiger partial charge is 0.321 e. The molecule has 1 saturated heterocycles. The van der Waals surface area contributed by atoms with E-state index in [1.54, 1.807) is 22.9 Å². The number of nitrogens with zero attached hydrogens (tertiary/aromatic N) is 2. The third kappa shape index (κ3) is 4.25. The highest BCUT2D eigenvalue weighted by molar-refractivity contribution is 5.76. The minimum atomic E-state index is -0.0553. The number of urea groups is 1. The number of amides is 3. The Morgan fingerprint density at radius 2 is 1.60 bits per heavy atom. The Morgan fingerprint density at radius 3 is 2.20 bits per heavy atom. The zero-order chi connectivity index (χ0) is 14.4. The number of carbonyl (C=O) groups is 2. The van der Waals surface area contributed by atoms with Crippen LogP contribution in [0.15, 0.2) is 12.3 Å². The maximum atomic E-state index is 12.0. The molecule has 0 aromatic rings. The number of hydrogen-bond acceptors (Lipinski definition) is 2. The van der Waals surface area contributed by atoms with Crippen molar-refractivity contribution in [2.75, 3.05) is 26.2 Å². The molecule has 5 nitrogen and oxygen atoms in total. The van der Waals surface area contributed by atoms with Gasteiger partial charge in [-0.3, -0.25) is 4.79 Å². The first-order valence-corrected chi connectivity index (χ1v) is 7.64. The molecule has 0 atom stereocenters. The molecule has 1 aliphatic carbocycles. The van der Waals surface area contributed by atoms with Crippen molar-refractivity contribution >= 4 is 11.9 Å². The second kappa shape index (κ2) is 7.31. The minimum absolute atomic E-state index is 0.0553. The average molecular weight is 279 g/mol. The lowest BCUT2D eigenvalue weighted by molar-refractivity contribution is -0.130. The van der Waals surface area contributed by atoms with E-state index >= 15 is 0 Å². The van der Waals surface area contributed by atoms with Gasteiger partial charge in [-0.1, -0.05) is 25.3 Å². The van der Waals surface area contributed by atoms with Crippen LogP contribution >= 0.6 is 0 Å². The summed E-state index contributed by atoms with van der Waals surface area (Å²) in [7, 11) is 0. The zero-order valence-electron chi connectivity index (χ0n) is 12.3. The third-order valence-electron chi connectivity index (χ3n) is 4.24. The average Bonchev–Trinajstić information content (AvgIpc) is 2.48. The number of hydrogen-bond donors (Lipinski definition) is 1. The summed E-state index contributed by atoms with van der Waals surface area (Å²) in [5.74, 6) is 0.709. The van der Waals surface area contributed by atoms with E-state index < -0.39 is 0 Å². The van der Waals surface area contributed by atoms with Crippen molar-refractivity contribution in [3.05, 3.63) is 12.3 Å². The summed E-state index contributed by atoms with van der Waals surface area (Å²) in [4.78, 5) is 26.7. The largest absolute Gasteiger partial charge is 0.339 e. The molecule has 0 unspecified atom stereocenters. The van der Waals surface area contributed by atoms with Crippen LogP contribution in [0, 0.1) is 5.92 Å². The first kappa shape index (κ1) is 14.9. The molecular weight excluding hydrogens is 254 g/mol. The second-order valence-corrected chi connectivity index (χ2v) is 5.70. The van der Waals surface area contributed by atoms with Gasteiger partial charge in [0.15, 0.2) is 0 Å². The molecule has 0 bridgehead atoms. The first-order chi connectivity index (χ1) is 9.66. The Hall–Kier alpha value is -1.52. The quantitative estimate of drug-likeness (QED) is 0.840. The summed E-state index contributed by atoms with van der Waals surface area (Å²) < 4.78 is 0. The van der Waals surface area contributed by atoms with Gasteiger partial charge in [0.05, 0.1) is 0 Å². The molecule has 1 heterocycles. The summed E-state index contributed by atoms with van der Waals surface area (Å²) in [5, 5.41) is 2.85. The normalized spacial score (nSPS) is 21.2. The number of piperazine rings is 1. The van der Waals surface area contributed by atoms with Crippen LogP contribution < -0.4 is 5.32 Å². The fraction of sp³-hybridized carbons (Fsp3) is 0.733. The van der Waals surface area contributed by atoms with Crippen molar-refractivity contribution < 1.29 is 9.59 Å². The van der Waals surface area contributed by atoms with Crippen LogP contribution in [0.1, 0.15) is 39.0 Å². The molecule has 0 radical (unpaired) electrons. The van der Waals surface area contributed by atoms with Gasteiger partial charge < -0.3 is 15.1 Å². The van der Waals surface area contributed by atoms with Crippen LogP contribution in [-0.2, 0) is 4.79 Å². The fourth-order valence-corrected chi connectivity index (χ4v) is 2.90. The summed E-state index contributed by atoms with van der Waals surface area (Å²) in [6.45, 7) is 4.07. The lowest BCUT2D eigenvalue weighted by Crippen LogP contribution is -2.52. The molecule has 5 heteroatoms. The number of allylic oxidation sites excluding steroid dienone is 1. The maximum absolute atomic E-state index is 12.0. The molecule has 0 spiro atoms. The Kier molecular flexibility index (Phi) is 5.44. The van der Waals surface area contributed by atoms with Gasteiger partial charge in [0.25, 0.3) is 0 Å². The van der Waals surface area contributed by atoms with Crippen molar-refractivity contribution in [2.45, 2.75) is 39.0 Å². The molecule has 0 aromatic carbocycles. The van der Waals surface area contributed by atoms with Crippen LogP contribution in [0.5, 0.6) is 0 Å². The maximum Gasteiger partial charge on any atom is 0.321 e. The van der Waals surface area contributed by atoms with Gasteiger partial charge in [0.2, 0.25) is 5.91 Å². The van der Waals surface area contributed by atoms with Crippen molar-refractivity contribution in [3.8, 4) is 0 Å². The van der Waals surface area contributed by atoms with Crippen molar-refractivity contribution in [2.24, 2.45) is 5.92 Å². The van der Waals surface area contributed by atoms with Gasteiger partial charge in [-0.15, -0.1) is 0 Å². The predicted octanol–water partition coefficient (Wildman–Crippen LogP) is 1.95. The van der Waals surface area contributed by atoms with Crippen LogP contribution in [0.3, 0.4) is 0 Å². The molecule has 2 rings (SSSR count). The third-order valence-corrected chi connectivity index (χ3v) is 4.24. The highest BCUT2D eigenvalue weighted by Gasteiger charge is 2.21. The van der Waals surface area contributed by atoms with Crippen molar-refractivity contribution in [1.29, 1.82) is 0 Å². The van der Waals surface area contributed by atoms with Crippen LogP contribution in [0.2, 0.25) is 0 Å². The first-order valence-electron chi connectivity index (χ1n) is 7.64. The second-order valence-electron chi connectivity index (χ2n) is 5.70.